The predicted molar refractivity (Wildman–Crippen MR) is 79.2 cm³/mol. The van der Waals surface area contributed by atoms with Crippen molar-refractivity contribution in [2.24, 2.45) is 0 Å². The molecule has 1 saturated carbocycles. The normalized spacial score (nSPS) is 21.8. The molecule has 0 saturated heterocycles. The number of aliphatic hydroxyl groups excluding tert-OH is 1. The molecule has 0 unspecified atom stereocenters. The van der Waals surface area contributed by atoms with Crippen molar-refractivity contribution < 1.29 is 27.8 Å². The van der Waals surface area contributed by atoms with Gasteiger partial charge in [-0.1, -0.05) is 12.8 Å². The number of carbonyl (C=O) groups is 1. The Labute approximate surface area is 139 Å². The quantitative estimate of drug-likeness (QED) is 0.820. The van der Waals surface area contributed by atoms with Crippen LogP contribution in [0.25, 0.3) is 0 Å². The molecule has 1 heterocycles. The summed E-state index contributed by atoms with van der Waals surface area (Å²) in [7, 11) is 0. The average Bonchev–Trinajstić information content (AvgIpc) is 2.47. The Morgan fingerprint density at radius 1 is 1.43 bits per heavy atom. The van der Waals surface area contributed by atoms with Gasteiger partial charge in [0.2, 0.25) is 5.88 Å². The fourth-order valence-corrected chi connectivity index (χ4v) is 2.80. The van der Waals surface area contributed by atoms with E-state index < -0.39 is 24.8 Å². The lowest BCUT2D eigenvalue weighted by atomic mass is 9.92. The highest BCUT2D eigenvalue weighted by Gasteiger charge is 2.29. The molecule has 2 atom stereocenters. The number of hydrogen-bond acceptors (Lipinski definition) is 4. The zero-order valence-electron chi connectivity index (χ0n) is 12.1. The lowest BCUT2D eigenvalue weighted by Crippen LogP contribution is -2.45. The van der Waals surface area contributed by atoms with Gasteiger partial charge in [0.05, 0.1) is 22.2 Å². The molecule has 0 radical (unpaired) electrons. The Balaban J connectivity index is 2.00. The summed E-state index contributed by atoms with van der Waals surface area (Å²) in [4.78, 5) is 15.9. The van der Waals surface area contributed by atoms with Crippen LogP contribution >= 0.6 is 15.9 Å². The van der Waals surface area contributed by atoms with Crippen LogP contribution in [-0.2, 0) is 0 Å². The van der Waals surface area contributed by atoms with Crippen molar-refractivity contribution in [3.05, 3.63) is 22.3 Å². The number of alkyl halides is 3. The molecule has 9 heteroatoms. The number of nitrogens with zero attached hydrogens (tertiary/aromatic N) is 1. The minimum atomic E-state index is -4.46. The fraction of sp³-hybridized carbons (Fsp3) is 0.571. The largest absolute Gasteiger partial charge is 0.467 e. The lowest BCUT2D eigenvalue weighted by Gasteiger charge is -2.28. The summed E-state index contributed by atoms with van der Waals surface area (Å²) in [5.41, 5.74) is 0.175. The molecule has 1 aliphatic rings. The number of ether oxygens (including phenoxy) is 1. The van der Waals surface area contributed by atoms with Gasteiger partial charge in [-0.2, -0.15) is 13.2 Å². The molecular weight excluding hydrogens is 381 g/mol. The lowest BCUT2D eigenvalue weighted by molar-refractivity contribution is -0.154. The number of amides is 1. The molecule has 0 spiro atoms. The molecule has 1 aromatic heterocycles. The smallest absolute Gasteiger partial charge is 0.422 e. The average molecular weight is 397 g/mol. The monoisotopic (exact) mass is 396 g/mol. The van der Waals surface area contributed by atoms with Crippen molar-refractivity contribution in [1.29, 1.82) is 0 Å². The molecule has 2 rings (SSSR count). The third kappa shape index (κ3) is 5.35. The molecule has 1 aromatic rings. The molecule has 1 amide bonds. The Kier molecular flexibility index (Phi) is 5.85. The van der Waals surface area contributed by atoms with Gasteiger partial charge in [-0.25, -0.2) is 4.98 Å². The van der Waals surface area contributed by atoms with E-state index in [9.17, 15) is 23.1 Å². The second kappa shape index (κ2) is 7.48. The van der Waals surface area contributed by atoms with E-state index in [0.29, 0.717) is 12.8 Å². The predicted octanol–water partition coefficient (Wildman–Crippen LogP) is 2.82. The molecule has 2 N–H and O–H groups in total. The summed E-state index contributed by atoms with van der Waals surface area (Å²) in [6, 6.07) is 1.01. The summed E-state index contributed by atoms with van der Waals surface area (Å²) >= 11 is 3.04. The first-order valence-corrected chi connectivity index (χ1v) is 7.89. The summed E-state index contributed by atoms with van der Waals surface area (Å²) in [5.74, 6) is -0.678. The van der Waals surface area contributed by atoms with Gasteiger partial charge in [-0.05, 0) is 34.8 Å². The van der Waals surface area contributed by atoms with Crippen LogP contribution < -0.4 is 10.1 Å². The van der Waals surface area contributed by atoms with Crippen LogP contribution in [0.1, 0.15) is 36.0 Å². The van der Waals surface area contributed by atoms with E-state index in [4.69, 9.17) is 0 Å². The number of nitrogens with one attached hydrogen (secondary N) is 1. The SMILES string of the molecule is O=C(N[C@@H]1CCCC[C@H]1O)c1cnc(OCC(F)(F)F)c(Br)c1. The highest BCUT2D eigenvalue weighted by molar-refractivity contribution is 9.10. The van der Waals surface area contributed by atoms with Gasteiger partial charge in [-0.15, -0.1) is 0 Å². The molecule has 128 valence electrons. The number of halogens is 4. The van der Waals surface area contributed by atoms with Crippen molar-refractivity contribution in [2.75, 3.05) is 6.61 Å². The maximum atomic E-state index is 12.1. The van der Waals surface area contributed by atoms with Crippen LogP contribution in [0.5, 0.6) is 5.88 Å². The van der Waals surface area contributed by atoms with Crippen molar-refractivity contribution in [1.82, 2.24) is 10.3 Å². The van der Waals surface area contributed by atoms with Crippen LogP contribution in [0.4, 0.5) is 13.2 Å². The van der Waals surface area contributed by atoms with Crippen molar-refractivity contribution in [2.45, 2.75) is 44.0 Å². The first kappa shape index (κ1) is 18.0. The van der Waals surface area contributed by atoms with E-state index in [0.717, 1.165) is 19.0 Å². The minimum absolute atomic E-state index is 0.151. The number of pyridine rings is 1. The maximum absolute atomic E-state index is 12.1. The molecule has 1 aliphatic carbocycles. The Bertz CT molecular complexity index is 569. The van der Waals surface area contributed by atoms with E-state index in [-0.39, 0.29) is 22.0 Å². The zero-order chi connectivity index (χ0) is 17.0. The standard InChI is InChI=1S/C14H16BrF3N2O3/c15-9-5-8(6-19-13(9)23-7-14(16,17)18)12(22)20-10-3-1-2-4-11(10)21/h5-6,10-11,21H,1-4,7H2,(H,20,22)/t10-,11-/m1/s1. The van der Waals surface area contributed by atoms with Crippen molar-refractivity contribution in [3.8, 4) is 5.88 Å². The second-order valence-corrected chi connectivity index (χ2v) is 6.20. The van der Waals surface area contributed by atoms with E-state index in [1.807, 2.05) is 0 Å². The minimum Gasteiger partial charge on any atom is -0.467 e. The highest BCUT2D eigenvalue weighted by atomic mass is 79.9. The molecule has 23 heavy (non-hydrogen) atoms. The molecule has 0 bridgehead atoms. The van der Waals surface area contributed by atoms with E-state index in [1.54, 1.807) is 0 Å². The van der Waals surface area contributed by atoms with Gasteiger partial charge in [0.1, 0.15) is 0 Å². The van der Waals surface area contributed by atoms with Crippen LogP contribution in [0.3, 0.4) is 0 Å². The molecule has 0 aliphatic heterocycles. The van der Waals surface area contributed by atoms with Gasteiger partial charge in [0, 0.05) is 6.20 Å². The van der Waals surface area contributed by atoms with Gasteiger partial charge >= 0.3 is 6.18 Å². The molecule has 5 nitrogen and oxygen atoms in total. The maximum Gasteiger partial charge on any atom is 0.422 e. The molecular formula is C14H16BrF3N2O3. The Morgan fingerprint density at radius 2 is 2.13 bits per heavy atom. The van der Waals surface area contributed by atoms with Crippen LogP contribution in [0, 0.1) is 0 Å². The fourth-order valence-electron chi connectivity index (χ4n) is 2.34. The molecule has 0 aromatic carbocycles. The second-order valence-electron chi connectivity index (χ2n) is 5.35. The summed E-state index contributed by atoms with van der Waals surface area (Å²) in [5, 5.41) is 12.6. The zero-order valence-corrected chi connectivity index (χ0v) is 13.7. The first-order chi connectivity index (χ1) is 10.8. The summed E-state index contributed by atoms with van der Waals surface area (Å²) in [6.45, 7) is -1.46. The first-order valence-electron chi connectivity index (χ1n) is 7.10. The summed E-state index contributed by atoms with van der Waals surface area (Å²) in [6.07, 6.45) is -0.737. The number of carbonyl (C=O) groups excluding carboxylic acids is 1. The van der Waals surface area contributed by atoms with Crippen LogP contribution in [0.15, 0.2) is 16.7 Å². The topological polar surface area (TPSA) is 71.5 Å². The number of aromatic nitrogens is 1. The van der Waals surface area contributed by atoms with Crippen molar-refractivity contribution in [3.63, 3.8) is 0 Å². The number of rotatable bonds is 4. The van der Waals surface area contributed by atoms with Gasteiger partial charge in [0.15, 0.2) is 6.61 Å². The van der Waals surface area contributed by atoms with E-state index in [2.05, 4.69) is 31.0 Å². The van der Waals surface area contributed by atoms with Gasteiger partial charge < -0.3 is 15.2 Å². The number of hydrogen-bond donors (Lipinski definition) is 2. The van der Waals surface area contributed by atoms with Crippen LogP contribution in [0.2, 0.25) is 0 Å². The van der Waals surface area contributed by atoms with E-state index in [1.165, 1.54) is 6.07 Å². The Hall–Kier alpha value is -1.35. The molecule has 1 fully saturated rings. The van der Waals surface area contributed by atoms with Crippen LogP contribution in [-0.4, -0.2) is 40.9 Å². The van der Waals surface area contributed by atoms with Gasteiger partial charge in [0.25, 0.3) is 5.91 Å². The highest BCUT2D eigenvalue weighted by Crippen LogP contribution is 2.26. The third-order valence-corrected chi connectivity index (χ3v) is 4.06. The van der Waals surface area contributed by atoms with Crippen molar-refractivity contribution >= 4 is 21.8 Å². The summed E-state index contributed by atoms with van der Waals surface area (Å²) < 4.78 is 41.1. The van der Waals surface area contributed by atoms with Gasteiger partial charge in [-0.3, -0.25) is 4.79 Å². The number of aliphatic hydroxyl groups is 1. The Morgan fingerprint density at radius 3 is 2.74 bits per heavy atom. The third-order valence-electron chi connectivity index (χ3n) is 3.49. The van der Waals surface area contributed by atoms with E-state index >= 15 is 0 Å².